The van der Waals surface area contributed by atoms with Gasteiger partial charge in [0.15, 0.2) is 11.3 Å². The van der Waals surface area contributed by atoms with Gasteiger partial charge in [-0.05, 0) is 44.1 Å². The van der Waals surface area contributed by atoms with E-state index in [2.05, 4.69) is 36.0 Å². The third-order valence-electron chi connectivity index (χ3n) is 5.82. The largest absolute Gasteiger partial charge is 0.354 e. The Balaban J connectivity index is 1.32. The molecule has 8 heteroatoms. The smallest absolute Gasteiger partial charge is 0.240 e. The van der Waals surface area contributed by atoms with Crippen molar-refractivity contribution in [3.63, 3.8) is 0 Å². The first-order valence-electron chi connectivity index (χ1n) is 9.07. The minimum Gasteiger partial charge on any atom is -0.354 e. The van der Waals surface area contributed by atoms with E-state index in [4.69, 9.17) is 5.26 Å². The van der Waals surface area contributed by atoms with Crippen molar-refractivity contribution in [3.05, 3.63) is 24.3 Å². The van der Waals surface area contributed by atoms with E-state index in [1.165, 1.54) is 0 Å². The van der Waals surface area contributed by atoms with E-state index in [0.717, 1.165) is 41.9 Å². The summed E-state index contributed by atoms with van der Waals surface area (Å²) >= 11 is 0. The lowest BCUT2D eigenvalue weighted by Gasteiger charge is -2.13. The van der Waals surface area contributed by atoms with E-state index in [-0.39, 0.29) is 5.91 Å². The Labute approximate surface area is 149 Å². The van der Waals surface area contributed by atoms with Gasteiger partial charge in [-0.25, -0.2) is 4.98 Å². The molecule has 2 aliphatic carbocycles. The van der Waals surface area contributed by atoms with Crippen molar-refractivity contribution in [3.8, 4) is 6.07 Å². The number of hydrogen-bond acceptors (Lipinski definition) is 5. The Bertz CT molecular complexity index is 1040. The van der Waals surface area contributed by atoms with Crippen LogP contribution < -0.4 is 5.32 Å². The molecule has 0 spiro atoms. The van der Waals surface area contributed by atoms with Crippen molar-refractivity contribution < 1.29 is 4.79 Å². The fourth-order valence-electron chi connectivity index (χ4n) is 4.08. The number of aromatic amines is 1. The van der Waals surface area contributed by atoms with Crippen molar-refractivity contribution in [2.45, 2.75) is 38.0 Å². The van der Waals surface area contributed by atoms with Crippen LogP contribution in [0.1, 0.15) is 43.8 Å². The summed E-state index contributed by atoms with van der Waals surface area (Å²) in [7, 11) is 0. The molecular weight excluding hydrogens is 330 g/mol. The summed E-state index contributed by atoms with van der Waals surface area (Å²) in [5.74, 6) is 1.60. The normalized spacial score (nSPS) is 24.0. The molecule has 2 saturated carbocycles. The fraction of sp³-hybridized carbons (Fsp3) is 0.500. The number of carbonyl (C=O) groups excluding carboxylic acids is 1. The highest BCUT2D eigenvalue weighted by Crippen LogP contribution is 2.45. The van der Waals surface area contributed by atoms with Crippen molar-refractivity contribution in [2.24, 2.45) is 11.3 Å². The fourth-order valence-corrected chi connectivity index (χ4v) is 4.08. The molecule has 0 radical (unpaired) electrons. The maximum absolute atomic E-state index is 12.1. The Hall–Kier alpha value is -2.95. The van der Waals surface area contributed by atoms with Gasteiger partial charge in [0.05, 0.1) is 17.8 Å². The molecule has 2 atom stereocenters. The molecule has 132 valence electrons. The first-order chi connectivity index (χ1) is 12.7. The number of nitrogens with zero attached hydrogens (tertiary/aromatic N) is 5. The molecule has 8 nitrogen and oxygen atoms in total. The first-order valence-corrected chi connectivity index (χ1v) is 9.07. The molecule has 2 N–H and O–H groups in total. The van der Waals surface area contributed by atoms with Gasteiger partial charge in [0.2, 0.25) is 5.91 Å². The highest BCUT2D eigenvalue weighted by atomic mass is 16.2. The molecule has 2 fully saturated rings. The number of aromatic nitrogens is 5. The van der Waals surface area contributed by atoms with E-state index >= 15 is 0 Å². The van der Waals surface area contributed by atoms with Gasteiger partial charge in [0.1, 0.15) is 11.2 Å². The van der Waals surface area contributed by atoms with Crippen LogP contribution in [0.4, 0.5) is 0 Å². The number of nitrogens with one attached hydrogen (secondary N) is 2. The third kappa shape index (κ3) is 2.27. The summed E-state index contributed by atoms with van der Waals surface area (Å²) in [6, 6.07) is 4.14. The minimum absolute atomic E-state index is 0.100. The number of hydrogen-bond donors (Lipinski definition) is 2. The van der Waals surface area contributed by atoms with Crippen molar-refractivity contribution in [1.29, 1.82) is 5.26 Å². The van der Waals surface area contributed by atoms with E-state index in [0.29, 0.717) is 31.2 Å². The SMILES string of the molecule is N#CC1(C(=O)NCC2CC[C@@H](c3nnc4cnc5[nH]ccc5n34)C2)CC1. The summed E-state index contributed by atoms with van der Waals surface area (Å²) in [4.78, 5) is 19.6. The Morgan fingerprint density at radius 1 is 1.42 bits per heavy atom. The number of fused-ring (bicyclic) bond motifs is 3. The molecule has 0 aliphatic heterocycles. The summed E-state index contributed by atoms with van der Waals surface area (Å²) < 4.78 is 2.08. The van der Waals surface area contributed by atoms with Crippen LogP contribution in [0.3, 0.4) is 0 Å². The van der Waals surface area contributed by atoms with Crippen LogP contribution in [0, 0.1) is 22.7 Å². The van der Waals surface area contributed by atoms with Gasteiger partial charge in [0.25, 0.3) is 0 Å². The lowest BCUT2D eigenvalue weighted by atomic mass is 10.0. The number of amides is 1. The Kier molecular flexibility index (Phi) is 3.26. The zero-order chi connectivity index (χ0) is 17.7. The lowest BCUT2D eigenvalue weighted by molar-refractivity contribution is -0.124. The molecule has 2 aliphatic rings. The molecule has 0 bridgehead atoms. The van der Waals surface area contributed by atoms with Crippen LogP contribution in [0.2, 0.25) is 0 Å². The number of rotatable bonds is 4. The van der Waals surface area contributed by atoms with Crippen molar-refractivity contribution >= 4 is 22.7 Å². The van der Waals surface area contributed by atoms with Crippen LogP contribution in [0.5, 0.6) is 0 Å². The average Bonchev–Trinajstić information content (AvgIpc) is 3.03. The van der Waals surface area contributed by atoms with Gasteiger partial charge in [-0.1, -0.05) is 0 Å². The highest BCUT2D eigenvalue weighted by molar-refractivity contribution is 5.88. The highest BCUT2D eigenvalue weighted by Gasteiger charge is 2.50. The van der Waals surface area contributed by atoms with Crippen molar-refractivity contribution in [2.75, 3.05) is 6.54 Å². The van der Waals surface area contributed by atoms with Crippen LogP contribution in [-0.2, 0) is 4.79 Å². The number of H-pyrrole nitrogens is 1. The van der Waals surface area contributed by atoms with Crippen LogP contribution in [0.15, 0.2) is 18.5 Å². The van der Waals surface area contributed by atoms with E-state index in [9.17, 15) is 4.79 Å². The molecule has 1 unspecified atom stereocenters. The Morgan fingerprint density at radius 2 is 2.31 bits per heavy atom. The maximum Gasteiger partial charge on any atom is 0.240 e. The molecule has 3 aromatic heterocycles. The van der Waals surface area contributed by atoms with E-state index in [1.54, 1.807) is 6.20 Å². The molecule has 0 saturated heterocycles. The van der Waals surface area contributed by atoms with E-state index < -0.39 is 5.41 Å². The van der Waals surface area contributed by atoms with Crippen LogP contribution >= 0.6 is 0 Å². The topological polar surface area (TPSA) is 112 Å². The quantitative estimate of drug-likeness (QED) is 0.747. The zero-order valence-corrected chi connectivity index (χ0v) is 14.3. The molecule has 0 aromatic carbocycles. The van der Waals surface area contributed by atoms with Crippen LogP contribution in [-0.4, -0.2) is 37.0 Å². The zero-order valence-electron chi connectivity index (χ0n) is 14.3. The average molecular weight is 349 g/mol. The number of carbonyl (C=O) groups is 1. The van der Waals surface area contributed by atoms with Gasteiger partial charge in [0, 0.05) is 18.7 Å². The molecule has 3 aromatic rings. The van der Waals surface area contributed by atoms with Gasteiger partial charge in [-0.15, -0.1) is 10.2 Å². The molecule has 26 heavy (non-hydrogen) atoms. The molecule has 1 amide bonds. The summed E-state index contributed by atoms with van der Waals surface area (Å²) in [6.07, 6.45) is 8.02. The van der Waals surface area contributed by atoms with Gasteiger partial charge in [-0.3, -0.25) is 9.20 Å². The molecule has 5 rings (SSSR count). The summed E-state index contributed by atoms with van der Waals surface area (Å²) in [5, 5.41) is 20.8. The second-order valence-corrected chi connectivity index (χ2v) is 7.50. The molecular formula is C18H19N7O. The number of nitriles is 1. The van der Waals surface area contributed by atoms with Gasteiger partial charge < -0.3 is 10.3 Å². The lowest BCUT2D eigenvalue weighted by Crippen LogP contribution is -2.34. The predicted octanol–water partition coefficient (Wildman–Crippen LogP) is 1.91. The summed E-state index contributed by atoms with van der Waals surface area (Å²) in [5.41, 5.74) is 1.83. The third-order valence-corrected chi connectivity index (χ3v) is 5.82. The first kappa shape index (κ1) is 15.3. The standard InChI is InChI=1S/C18H19N7O/c19-10-18(4-5-18)17(26)22-8-11-1-2-12(7-11)16-24-23-14-9-21-15-13(25(14)16)3-6-20-15/h3,6,9,11-12,20H,1-2,4-5,7-8H2,(H,22,26)/t11?,12-/m1/s1. The minimum atomic E-state index is -0.742. The van der Waals surface area contributed by atoms with Gasteiger partial charge in [-0.2, -0.15) is 5.26 Å². The Morgan fingerprint density at radius 3 is 3.12 bits per heavy atom. The van der Waals surface area contributed by atoms with Crippen molar-refractivity contribution in [1.82, 2.24) is 29.9 Å². The monoisotopic (exact) mass is 349 g/mol. The summed E-state index contributed by atoms with van der Waals surface area (Å²) in [6.45, 7) is 0.636. The van der Waals surface area contributed by atoms with Crippen LogP contribution in [0.25, 0.3) is 16.8 Å². The second-order valence-electron chi connectivity index (χ2n) is 7.50. The van der Waals surface area contributed by atoms with Gasteiger partial charge >= 0.3 is 0 Å². The maximum atomic E-state index is 12.1. The van der Waals surface area contributed by atoms with E-state index in [1.807, 2.05) is 12.3 Å². The molecule has 3 heterocycles. The predicted molar refractivity (Wildman–Crippen MR) is 93.0 cm³/mol. The second kappa shape index (κ2) is 5.53.